The summed E-state index contributed by atoms with van der Waals surface area (Å²) in [6, 6.07) is 7.44. The van der Waals surface area contributed by atoms with Crippen LogP contribution in [0.3, 0.4) is 0 Å². The van der Waals surface area contributed by atoms with Gasteiger partial charge in [-0.3, -0.25) is 4.79 Å². The molecule has 1 aromatic heterocycles. The van der Waals surface area contributed by atoms with E-state index in [1.54, 1.807) is 6.08 Å². The van der Waals surface area contributed by atoms with Gasteiger partial charge in [0, 0.05) is 27.6 Å². The normalized spacial score (nSPS) is 15.9. The number of H-pyrrole nitrogens is 1. The number of esters is 1. The van der Waals surface area contributed by atoms with Gasteiger partial charge in [0.25, 0.3) is 0 Å². The molecular weight excluding hydrogens is 294 g/mol. The number of hydrogen-bond donors (Lipinski definition) is 2. The summed E-state index contributed by atoms with van der Waals surface area (Å²) in [5.74, 6) is -1.95. The van der Waals surface area contributed by atoms with E-state index in [4.69, 9.17) is 0 Å². The number of hydrogen-bond acceptors (Lipinski definition) is 4. The van der Waals surface area contributed by atoms with Crippen LogP contribution in [0.25, 0.3) is 16.5 Å². The summed E-state index contributed by atoms with van der Waals surface area (Å²) in [6.45, 7) is 7.36. The zero-order valence-electron chi connectivity index (χ0n) is 13.0. The van der Waals surface area contributed by atoms with Gasteiger partial charge in [-0.25, -0.2) is 4.79 Å². The predicted molar refractivity (Wildman–Crippen MR) is 87.0 cm³/mol. The lowest BCUT2D eigenvalue weighted by molar-refractivity contribution is -0.147. The van der Waals surface area contributed by atoms with Crippen LogP contribution in [0.4, 0.5) is 0 Å². The summed E-state index contributed by atoms with van der Waals surface area (Å²) >= 11 is 0. The van der Waals surface area contributed by atoms with Gasteiger partial charge in [-0.15, -0.1) is 6.58 Å². The molecule has 1 aromatic carbocycles. The van der Waals surface area contributed by atoms with E-state index in [0.717, 1.165) is 16.6 Å². The number of aliphatic hydroxyl groups is 1. The van der Waals surface area contributed by atoms with Crippen molar-refractivity contribution >= 4 is 28.2 Å². The molecular formula is C18H17NO4. The molecule has 0 fully saturated rings. The van der Waals surface area contributed by atoms with Gasteiger partial charge in [-0.05, 0) is 6.07 Å². The lowest BCUT2D eigenvalue weighted by Gasteiger charge is -2.23. The second-order valence-electron chi connectivity index (χ2n) is 6.07. The molecule has 0 bridgehead atoms. The van der Waals surface area contributed by atoms with E-state index in [2.05, 4.69) is 16.3 Å². The number of carbonyl (C=O) groups is 2. The third-order valence-electron chi connectivity index (χ3n) is 4.15. The molecule has 23 heavy (non-hydrogen) atoms. The maximum absolute atomic E-state index is 12.3. The molecule has 0 radical (unpaired) electrons. The standard InChI is InChI=1S/C18H17NO4/c1-4-18(2,3)16-13(10-7-5-6-8-11(10)19-16)14-12(20)9-23-17(22)15(14)21/h4-8,19,21H,1,9H2,2-3H3. The van der Waals surface area contributed by atoms with Gasteiger partial charge in [0.05, 0.1) is 5.57 Å². The number of carbonyl (C=O) groups excluding carboxylic acids is 2. The van der Waals surface area contributed by atoms with Gasteiger partial charge in [0.1, 0.15) is 0 Å². The predicted octanol–water partition coefficient (Wildman–Crippen LogP) is 3.03. The topological polar surface area (TPSA) is 79.4 Å². The van der Waals surface area contributed by atoms with Crippen LogP contribution in [-0.2, 0) is 19.7 Å². The van der Waals surface area contributed by atoms with E-state index in [1.165, 1.54) is 0 Å². The fraction of sp³-hybridized carbons (Fsp3) is 0.222. The number of rotatable bonds is 3. The van der Waals surface area contributed by atoms with E-state index in [1.807, 2.05) is 38.1 Å². The van der Waals surface area contributed by atoms with Gasteiger partial charge >= 0.3 is 5.97 Å². The Morgan fingerprint density at radius 3 is 2.70 bits per heavy atom. The van der Waals surface area contributed by atoms with E-state index < -0.39 is 22.9 Å². The molecule has 0 aliphatic carbocycles. The second kappa shape index (κ2) is 5.12. The van der Waals surface area contributed by atoms with Crippen LogP contribution in [0, 0.1) is 0 Å². The molecule has 0 atom stereocenters. The minimum absolute atomic E-state index is 0.00336. The van der Waals surface area contributed by atoms with Crippen LogP contribution in [0.1, 0.15) is 25.1 Å². The van der Waals surface area contributed by atoms with Crippen LogP contribution in [0.5, 0.6) is 0 Å². The van der Waals surface area contributed by atoms with Crippen molar-refractivity contribution in [1.82, 2.24) is 4.98 Å². The SMILES string of the molecule is C=CC(C)(C)c1[nH]c2ccccc2c1C1=C(O)C(=O)OCC1=O. The van der Waals surface area contributed by atoms with Gasteiger partial charge in [0.15, 0.2) is 6.61 Å². The number of cyclic esters (lactones) is 1. The summed E-state index contributed by atoms with van der Waals surface area (Å²) in [6.07, 6.45) is 1.75. The first-order chi connectivity index (χ1) is 10.9. The van der Waals surface area contributed by atoms with E-state index in [-0.39, 0.29) is 12.2 Å². The Morgan fingerprint density at radius 1 is 1.30 bits per heavy atom. The summed E-state index contributed by atoms with van der Waals surface area (Å²) in [4.78, 5) is 27.3. The van der Waals surface area contributed by atoms with E-state index in [9.17, 15) is 14.7 Å². The molecule has 2 N–H and O–H groups in total. The largest absolute Gasteiger partial charge is 0.501 e. The minimum Gasteiger partial charge on any atom is -0.501 e. The van der Waals surface area contributed by atoms with Gasteiger partial charge in [-0.2, -0.15) is 0 Å². The maximum Gasteiger partial charge on any atom is 0.374 e. The molecule has 0 saturated heterocycles. The fourth-order valence-electron chi connectivity index (χ4n) is 2.75. The molecule has 0 unspecified atom stereocenters. The Balaban J connectivity index is 2.42. The Labute approximate surface area is 133 Å². The van der Waals surface area contributed by atoms with Crippen molar-refractivity contribution in [2.75, 3.05) is 6.61 Å². The van der Waals surface area contributed by atoms with Crippen molar-refractivity contribution in [3.63, 3.8) is 0 Å². The minimum atomic E-state index is -0.882. The van der Waals surface area contributed by atoms with Crippen LogP contribution < -0.4 is 0 Å². The molecule has 0 amide bonds. The first-order valence-electron chi connectivity index (χ1n) is 7.25. The number of nitrogens with one attached hydrogen (secondary N) is 1. The number of aromatic amines is 1. The number of benzene rings is 1. The Bertz CT molecular complexity index is 870. The Morgan fingerprint density at radius 2 is 2.00 bits per heavy atom. The van der Waals surface area contributed by atoms with Crippen molar-refractivity contribution < 1.29 is 19.4 Å². The number of ketones is 1. The third-order valence-corrected chi connectivity index (χ3v) is 4.15. The molecule has 1 aliphatic heterocycles. The quantitative estimate of drug-likeness (QED) is 0.674. The number of allylic oxidation sites excluding steroid dienone is 1. The zero-order valence-corrected chi connectivity index (χ0v) is 13.0. The van der Waals surface area contributed by atoms with Gasteiger partial charge in [0.2, 0.25) is 11.5 Å². The summed E-state index contributed by atoms with van der Waals surface area (Å²) in [5, 5.41) is 10.9. The number of para-hydroxylation sites is 1. The van der Waals surface area contributed by atoms with Crippen molar-refractivity contribution in [1.29, 1.82) is 0 Å². The van der Waals surface area contributed by atoms with Crippen molar-refractivity contribution in [3.05, 3.63) is 53.9 Å². The van der Waals surface area contributed by atoms with Crippen LogP contribution in [0.15, 0.2) is 42.7 Å². The average Bonchev–Trinajstić information content (AvgIpc) is 2.92. The highest BCUT2D eigenvalue weighted by atomic mass is 16.5. The Hall–Kier alpha value is -2.82. The highest BCUT2D eigenvalue weighted by Crippen LogP contribution is 2.38. The number of aliphatic hydroxyl groups excluding tert-OH is 1. The van der Waals surface area contributed by atoms with Crippen molar-refractivity contribution in [3.8, 4) is 0 Å². The molecule has 2 aromatic rings. The molecule has 1 aliphatic rings. The van der Waals surface area contributed by atoms with Crippen LogP contribution >= 0.6 is 0 Å². The average molecular weight is 311 g/mol. The first-order valence-corrected chi connectivity index (χ1v) is 7.25. The maximum atomic E-state index is 12.3. The zero-order chi connectivity index (χ0) is 16.8. The van der Waals surface area contributed by atoms with Gasteiger partial charge in [-0.1, -0.05) is 38.1 Å². The first kappa shape index (κ1) is 15.1. The molecule has 0 spiro atoms. The smallest absolute Gasteiger partial charge is 0.374 e. The van der Waals surface area contributed by atoms with Crippen LogP contribution in [-0.4, -0.2) is 28.4 Å². The fourth-order valence-corrected chi connectivity index (χ4v) is 2.75. The van der Waals surface area contributed by atoms with Crippen LogP contribution in [0.2, 0.25) is 0 Å². The lowest BCUT2D eigenvalue weighted by Crippen LogP contribution is -2.27. The van der Waals surface area contributed by atoms with Crippen molar-refractivity contribution in [2.24, 2.45) is 0 Å². The molecule has 0 saturated carbocycles. The van der Waals surface area contributed by atoms with E-state index >= 15 is 0 Å². The van der Waals surface area contributed by atoms with Crippen molar-refractivity contribution in [2.45, 2.75) is 19.3 Å². The summed E-state index contributed by atoms with van der Waals surface area (Å²) < 4.78 is 4.67. The highest BCUT2D eigenvalue weighted by molar-refractivity contribution is 6.30. The second-order valence-corrected chi connectivity index (χ2v) is 6.07. The third kappa shape index (κ3) is 2.25. The number of aromatic nitrogens is 1. The number of Topliss-reactive ketones (excluding diaryl/α,β-unsaturated/α-hetero) is 1. The highest BCUT2D eigenvalue weighted by Gasteiger charge is 2.35. The summed E-state index contributed by atoms with van der Waals surface area (Å²) in [5.41, 5.74) is 1.59. The molecule has 2 heterocycles. The molecule has 3 rings (SSSR count). The Kier molecular flexibility index (Phi) is 3.36. The number of fused-ring (bicyclic) bond motifs is 1. The van der Waals surface area contributed by atoms with E-state index in [0.29, 0.717) is 5.56 Å². The monoisotopic (exact) mass is 311 g/mol. The van der Waals surface area contributed by atoms with Gasteiger partial charge < -0.3 is 14.8 Å². The molecule has 5 heteroatoms. The molecule has 5 nitrogen and oxygen atoms in total. The lowest BCUT2D eigenvalue weighted by atomic mass is 9.83. The number of ether oxygens (including phenoxy) is 1. The molecule has 118 valence electrons. The summed E-state index contributed by atoms with van der Waals surface area (Å²) in [7, 11) is 0.